The number of carboxylic acid groups (broad SMARTS) is 1. The van der Waals surface area contributed by atoms with Crippen LogP contribution < -0.4 is 0 Å². The lowest BCUT2D eigenvalue weighted by molar-refractivity contribution is -0.138. The van der Waals surface area contributed by atoms with Crippen molar-refractivity contribution in [1.29, 1.82) is 0 Å². The number of hydrogen-bond acceptors (Lipinski definition) is 4. The van der Waals surface area contributed by atoms with Gasteiger partial charge in [0.1, 0.15) is 0 Å². The lowest BCUT2D eigenvalue weighted by Crippen LogP contribution is -2.35. The summed E-state index contributed by atoms with van der Waals surface area (Å²) >= 11 is 0. The molecule has 0 aromatic heterocycles. The summed E-state index contributed by atoms with van der Waals surface area (Å²) in [7, 11) is 1.61. The van der Waals surface area contributed by atoms with Crippen LogP contribution in [0.15, 0.2) is 0 Å². The van der Waals surface area contributed by atoms with E-state index in [9.17, 15) is 4.79 Å². The van der Waals surface area contributed by atoms with Gasteiger partial charge < -0.3 is 14.6 Å². The first-order valence-corrected chi connectivity index (χ1v) is 5.71. The first-order valence-electron chi connectivity index (χ1n) is 5.71. The Morgan fingerprint density at radius 2 is 1.94 bits per heavy atom. The Morgan fingerprint density at radius 1 is 1.25 bits per heavy atom. The summed E-state index contributed by atoms with van der Waals surface area (Å²) in [6.07, 6.45) is 2.17. The second-order valence-corrected chi connectivity index (χ2v) is 3.63. The molecule has 0 rings (SSSR count). The van der Waals surface area contributed by atoms with E-state index in [2.05, 4.69) is 6.92 Å². The molecule has 0 fully saturated rings. The number of unbranched alkanes of at least 4 members (excludes halogenated alkanes) is 1. The molecule has 0 atom stereocenters. The second kappa shape index (κ2) is 10.9. The topological polar surface area (TPSA) is 59.0 Å². The number of aliphatic carboxylic acids is 1. The Morgan fingerprint density at radius 3 is 2.50 bits per heavy atom. The van der Waals surface area contributed by atoms with Crippen LogP contribution in [0.5, 0.6) is 0 Å². The molecule has 5 nitrogen and oxygen atoms in total. The lowest BCUT2D eigenvalue weighted by Gasteiger charge is -2.19. The van der Waals surface area contributed by atoms with Gasteiger partial charge in [-0.25, -0.2) is 0 Å². The molecule has 1 N–H and O–H groups in total. The Hall–Kier alpha value is -0.650. The molecule has 5 heteroatoms. The first kappa shape index (κ1) is 15.3. The summed E-state index contributed by atoms with van der Waals surface area (Å²) in [6, 6.07) is 0. The van der Waals surface area contributed by atoms with Crippen molar-refractivity contribution in [3.63, 3.8) is 0 Å². The quantitative estimate of drug-likeness (QED) is 0.536. The van der Waals surface area contributed by atoms with E-state index < -0.39 is 5.97 Å². The molecule has 0 aromatic carbocycles. The van der Waals surface area contributed by atoms with Gasteiger partial charge in [0.05, 0.1) is 19.8 Å². The molecule has 0 saturated carbocycles. The van der Waals surface area contributed by atoms with Gasteiger partial charge in [0.15, 0.2) is 0 Å². The van der Waals surface area contributed by atoms with Crippen molar-refractivity contribution in [2.45, 2.75) is 19.8 Å². The highest BCUT2D eigenvalue weighted by molar-refractivity contribution is 5.69. The van der Waals surface area contributed by atoms with Crippen LogP contribution in [0.1, 0.15) is 19.8 Å². The van der Waals surface area contributed by atoms with Gasteiger partial charge in [0.2, 0.25) is 0 Å². The molecule has 0 aliphatic carbocycles. The first-order chi connectivity index (χ1) is 7.70. The summed E-state index contributed by atoms with van der Waals surface area (Å²) in [5.74, 6) is -0.815. The van der Waals surface area contributed by atoms with Gasteiger partial charge in [-0.15, -0.1) is 0 Å². The van der Waals surface area contributed by atoms with E-state index in [0.717, 1.165) is 19.4 Å². The predicted molar refractivity (Wildman–Crippen MR) is 61.7 cm³/mol. The van der Waals surface area contributed by atoms with Gasteiger partial charge in [-0.1, -0.05) is 13.3 Å². The number of rotatable bonds is 11. The number of carboxylic acids is 1. The molecule has 16 heavy (non-hydrogen) atoms. The zero-order valence-corrected chi connectivity index (χ0v) is 10.3. The summed E-state index contributed by atoms with van der Waals surface area (Å²) in [5, 5.41) is 8.70. The van der Waals surface area contributed by atoms with Gasteiger partial charge in [0.25, 0.3) is 0 Å². The van der Waals surface area contributed by atoms with Crippen LogP contribution in [0, 0.1) is 0 Å². The van der Waals surface area contributed by atoms with Gasteiger partial charge in [-0.2, -0.15) is 0 Å². The van der Waals surface area contributed by atoms with Crippen molar-refractivity contribution in [2.24, 2.45) is 0 Å². The Kier molecular flexibility index (Phi) is 10.4. The smallest absolute Gasteiger partial charge is 0.317 e. The van der Waals surface area contributed by atoms with Crippen molar-refractivity contribution in [3.8, 4) is 0 Å². The van der Waals surface area contributed by atoms with Gasteiger partial charge in [-0.05, 0) is 6.42 Å². The molecule has 0 aliphatic rings. The average Bonchev–Trinajstić information content (AvgIpc) is 2.24. The Labute approximate surface area is 97.3 Å². The Balaban J connectivity index is 3.60. The van der Waals surface area contributed by atoms with Crippen molar-refractivity contribution in [1.82, 2.24) is 4.90 Å². The molecule has 0 aromatic rings. The third-order valence-corrected chi connectivity index (χ3v) is 2.16. The lowest BCUT2D eigenvalue weighted by atomic mass is 10.4. The van der Waals surface area contributed by atoms with Crippen LogP contribution in [0.3, 0.4) is 0 Å². The van der Waals surface area contributed by atoms with E-state index in [0.29, 0.717) is 26.3 Å². The minimum absolute atomic E-state index is 0.0422. The maximum Gasteiger partial charge on any atom is 0.317 e. The number of methoxy groups -OCH3 is 1. The molecule has 0 saturated heterocycles. The molecule has 96 valence electrons. The number of ether oxygens (including phenoxy) is 2. The summed E-state index contributed by atoms with van der Waals surface area (Å²) in [5.41, 5.74) is 0. The highest BCUT2D eigenvalue weighted by atomic mass is 16.5. The molecule has 0 heterocycles. The van der Waals surface area contributed by atoms with Crippen LogP contribution in [-0.2, 0) is 14.3 Å². The largest absolute Gasteiger partial charge is 0.480 e. The standard InChI is InChI=1S/C11H23NO4/c1-3-4-7-16-9-6-12(5-8-15-2)10-11(13)14/h3-10H2,1-2H3,(H,13,14). The SMILES string of the molecule is CCCCOCCN(CCOC)CC(=O)O. The minimum Gasteiger partial charge on any atom is -0.480 e. The monoisotopic (exact) mass is 233 g/mol. The van der Waals surface area contributed by atoms with E-state index >= 15 is 0 Å². The average molecular weight is 233 g/mol. The van der Waals surface area contributed by atoms with Gasteiger partial charge in [0, 0.05) is 26.8 Å². The molecule has 0 bridgehead atoms. The summed E-state index contributed by atoms with van der Waals surface area (Å²) in [6.45, 7) is 5.29. The fourth-order valence-electron chi connectivity index (χ4n) is 1.22. The zero-order chi connectivity index (χ0) is 12.2. The van der Waals surface area contributed by atoms with Gasteiger partial charge in [-0.3, -0.25) is 9.69 Å². The highest BCUT2D eigenvalue weighted by Gasteiger charge is 2.08. The van der Waals surface area contributed by atoms with Crippen molar-refractivity contribution in [3.05, 3.63) is 0 Å². The van der Waals surface area contributed by atoms with Crippen molar-refractivity contribution in [2.75, 3.05) is 46.6 Å². The molecular weight excluding hydrogens is 210 g/mol. The van der Waals surface area contributed by atoms with E-state index in [4.69, 9.17) is 14.6 Å². The van der Waals surface area contributed by atoms with E-state index in [1.807, 2.05) is 4.90 Å². The second-order valence-electron chi connectivity index (χ2n) is 3.63. The molecule has 0 aliphatic heterocycles. The van der Waals surface area contributed by atoms with Crippen LogP contribution in [0.4, 0.5) is 0 Å². The molecule has 0 amide bonds. The molecular formula is C11H23NO4. The fourth-order valence-corrected chi connectivity index (χ4v) is 1.22. The normalized spacial score (nSPS) is 10.9. The van der Waals surface area contributed by atoms with Crippen LogP contribution in [0.25, 0.3) is 0 Å². The number of carbonyl (C=O) groups is 1. The number of nitrogens with zero attached hydrogens (tertiary/aromatic N) is 1. The maximum absolute atomic E-state index is 10.6. The molecule has 0 unspecified atom stereocenters. The van der Waals surface area contributed by atoms with Crippen LogP contribution >= 0.6 is 0 Å². The third kappa shape index (κ3) is 9.89. The van der Waals surface area contributed by atoms with Crippen LogP contribution in [0.2, 0.25) is 0 Å². The highest BCUT2D eigenvalue weighted by Crippen LogP contribution is 1.92. The summed E-state index contributed by atoms with van der Waals surface area (Å²) < 4.78 is 10.3. The van der Waals surface area contributed by atoms with E-state index in [1.165, 1.54) is 0 Å². The van der Waals surface area contributed by atoms with E-state index in [-0.39, 0.29) is 6.54 Å². The number of hydrogen-bond donors (Lipinski definition) is 1. The van der Waals surface area contributed by atoms with Gasteiger partial charge >= 0.3 is 5.97 Å². The van der Waals surface area contributed by atoms with Crippen molar-refractivity contribution >= 4 is 5.97 Å². The predicted octanol–water partition coefficient (Wildman–Crippen LogP) is 0.836. The third-order valence-electron chi connectivity index (χ3n) is 2.16. The maximum atomic E-state index is 10.6. The summed E-state index contributed by atoms with van der Waals surface area (Å²) in [4.78, 5) is 12.4. The molecule has 0 spiro atoms. The zero-order valence-electron chi connectivity index (χ0n) is 10.3. The van der Waals surface area contributed by atoms with E-state index in [1.54, 1.807) is 7.11 Å². The fraction of sp³-hybridized carbons (Fsp3) is 0.909. The van der Waals surface area contributed by atoms with Crippen molar-refractivity contribution < 1.29 is 19.4 Å². The molecule has 0 radical (unpaired) electrons. The minimum atomic E-state index is -0.815. The van der Waals surface area contributed by atoms with Crippen LogP contribution in [-0.4, -0.2) is 62.5 Å². The Bertz CT molecular complexity index is 175.